The van der Waals surface area contributed by atoms with Gasteiger partial charge in [-0.25, -0.2) is 0 Å². The van der Waals surface area contributed by atoms with Crippen molar-refractivity contribution in [3.05, 3.63) is 72.3 Å². The third-order valence-corrected chi connectivity index (χ3v) is 6.09. The number of anilines is 1. The number of nitrogens with one attached hydrogen (secondary N) is 1. The molecule has 0 bridgehead atoms. The van der Waals surface area contributed by atoms with Crippen molar-refractivity contribution in [3.8, 4) is 11.4 Å². The fraction of sp³-hybridized carbons (Fsp3) is 0.208. The minimum absolute atomic E-state index is 0.0674. The van der Waals surface area contributed by atoms with Crippen molar-refractivity contribution in [2.75, 3.05) is 11.1 Å². The zero-order valence-corrected chi connectivity index (χ0v) is 18.1. The first-order valence-electron chi connectivity index (χ1n) is 9.93. The molecule has 4 aromatic rings. The molecule has 152 valence electrons. The minimum atomic E-state index is -0.0674. The fourth-order valence-corrected chi connectivity index (χ4v) is 4.07. The summed E-state index contributed by atoms with van der Waals surface area (Å²) in [5.41, 5.74) is 3.13. The number of carbonyl (C=O) groups is 1. The minimum Gasteiger partial charge on any atom is -0.325 e. The molecule has 30 heavy (non-hydrogen) atoms. The first-order valence-corrected chi connectivity index (χ1v) is 10.9. The van der Waals surface area contributed by atoms with Gasteiger partial charge in [0.2, 0.25) is 5.91 Å². The maximum atomic E-state index is 12.5. The van der Waals surface area contributed by atoms with Gasteiger partial charge in [-0.1, -0.05) is 86.3 Å². The summed E-state index contributed by atoms with van der Waals surface area (Å²) in [4.78, 5) is 12.5. The lowest BCUT2D eigenvalue weighted by molar-refractivity contribution is -0.113. The molecular weight excluding hydrogens is 392 g/mol. The van der Waals surface area contributed by atoms with Crippen LogP contribution in [0.2, 0.25) is 0 Å². The second-order valence-corrected chi connectivity index (χ2v) is 8.45. The number of hydrogen-bond acceptors (Lipinski definition) is 4. The fourth-order valence-electron chi connectivity index (χ4n) is 3.36. The molecule has 0 aliphatic carbocycles. The van der Waals surface area contributed by atoms with E-state index < -0.39 is 0 Å². The molecule has 0 atom stereocenters. The van der Waals surface area contributed by atoms with E-state index >= 15 is 0 Å². The highest BCUT2D eigenvalue weighted by Crippen LogP contribution is 2.26. The maximum Gasteiger partial charge on any atom is 0.234 e. The van der Waals surface area contributed by atoms with Crippen molar-refractivity contribution in [1.29, 1.82) is 0 Å². The first kappa shape index (κ1) is 20.2. The number of fused-ring (bicyclic) bond motifs is 1. The van der Waals surface area contributed by atoms with E-state index in [9.17, 15) is 4.79 Å². The lowest BCUT2D eigenvalue weighted by atomic mass is 10.0. The molecule has 0 saturated heterocycles. The van der Waals surface area contributed by atoms with Gasteiger partial charge in [0.05, 0.1) is 5.75 Å². The van der Waals surface area contributed by atoms with Crippen LogP contribution in [0, 0.1) is 0 Å². The Balaban J connectivity index is 1.43. The highest BCUT2D eigenvalue weighted by molar-refractivity contribution is 7.99. The molecule has 1 amide bonds. The molecule has 0 unspecified atom stereocenters. The molecule has 1 aromatic heterocycles. The molecule has 0 saturated carbocycles. The molecule has 0 radical (unpaired) electrons. The van der Waals surface area contributed by atoms with Gasteiger partial charge in [0, 0.05) is 23.7 Å². The summed E-state index contributed by atoms with van der Waals surface area (Å²) in [5, 5.41) is 14.5. The largest absolute Gasteiger partial charge is 0.325 e. The van der Waals surface area contributed by atoms with Crippen molar-refractivity contribution in [1.82, 2.24) is 14.8 Å². The van der Waals surface area contributed by atoms with Gasteiger partial charge in [-0.05, 0) is 22.9 Å². The van der Waals surface area contributed by atoms with Crippen LogP contribution in [0.4, 0.5) is 5.69 Å². The highest BCUT2D eigenvalue weighted by atomic mass is 32.2. The zero-order valence-electron chi connectivity index (χ0n) is 17.3. The Hall–Kier alpha value is -3.12. The standard InChI is InChI=1S/C24H24N4OS/c1-16(2)17-11-13-19(14-12-17)23-26-27-24(28(23)3)30-15-22(29)25-21-10-6-8-18-7-4-5-9-20(18)21/h4-14,16H,15H2,1-3H3,(H,25,29). The number of hydrogen-bond donors (Lipinski definition) is 1. The van der Waals surface area contributed by atoms with Gasteiger partial charge in [0.15, 0.2) is 11.0 Å². The summed E-state index contributed by atoms with van der Waals surface area (Å²) >= 11 is 1.38. The second-order valence-electron chi connectivity index (χ2n) is 7.51. The summed E-state index contributed by atoms with van der Waals surface area (Å²) in [7, 11) is 1.93. The Morgan fingerprint density at radius 1 is 1.00 bits per heavy atom. The summed E-state index contributed by atoms with van der Waals surface area (Å²) in [6, 6.07) is 22.3. The van der Waals surface area contributed by atoms with Crippen LogP contribution in [0.15, 0.2) is 71.9 Å². The molecule has 0 aliphatic heterocycles. The topological polar surface area (TPSA) is 59.8 Å². The summed E-state index contributed by atoms with van der Waals surface area (Å²) in [5.74, 6) is 1.48. The lowest BCUT2D eigenvalue weighted by Gasteiger charge is -2.09. The molecule has 0 aliphatic rings. The molecule has 4 rings (SSSR count). The normalized spacial score (nSPS) is 11.2. The van der Waals surface area contributed by atoms with Crippen molar-refractivity contribution in [2.24, 2.45) is 7.05 Å². The third kappa shape index (κ3) is 4.24. The average molecular weight is 417 g/mol. The molecular formula is C24H24N4OS. The molecule has 5 nitrogen and oxygen atoms in total. The highest BCUT2D eigenvalue weighted by Gasteiger charge is 2.14. The number of benzene rings is 3. The molecule has 1 heterocycles. The molecule has 0 spiro atoms. The molecule has 0 fully saturated rings. The van der Waals surface area contributed by atoms with Gasteiger partial charge >= 0.3 is 0 Å². The van der Waals surface area contributed by atoms with E-state index in [-0.39, 0.29) is 11.7 Å². The van der Waals surface area contributed by atoms with Crippen LogP contribution in [-0.2, 0) is 11.8 Å². The number of aromatic nitrogens is 3. The van der Waals surface area contributed by atoms with E-state index in [1.54, 1.807) is 0 Å². The van der Waals surface area contributed by atoms with Crippen LogP contribution >= 0.6 is 11.8 Å². The van der Waals surface area contributed by atoms with Crippen molar-refractivity contribution >= 4 is 34.1 Å². The maximum absolute atomic E-state index is 12.5. The van der Waals surface area contributed by atoms with Gasteiger partial charge in [0.1, 0.15) is 0 Å². The number of carbonyl (C=O) groups excluding carboxylic acids is 1. The Bertz CT molecular complexity index is 1180. The Kier molecular flexibility index (Phi) is 5.86. The van der Waals surface area contributed by atoms with E-state index in [2.05, 4.69) is 53.6 Å². The van der Waals surface area contributed by atoms with E-state index in [0.29, 0.717) is 11.1 Å². The second kappa shape index (κ2) is 8.71. The number of amides is 1. The van der Waals surface area contributed by atoms with Crippen molar-refractivity contribution in [3.63, 3.8) is 0 Å². The zero-order chi connectivity index (χ0) is 21.1. The van der Waals surface area contributed by atoms with Gasteiger partial charge in [0.25, 0.3) is 0 Å². The summed E-state index contributed by atoms with van der Waals surface area (Å²) in [6.45, 7) is 4.35. The van der Waals surface area contributed by atoms with Crippen LogP contribution in [0.5, 0.6) is 0 Å². The predicted octanol–water partition coefficient (Wildman–Crippen LogP) is 5.49. The van der Waals surface area contributed by atoms with Gasteiger partial charge in [-0.2, -0.15) is 0 Å². The van der Waals surface area contributed by atoms with Gasteiger partial charge < -0.3 is 9.88 Å². The van der Waals surface area contributed by atoms with E-state index in [1.807, 2.05) is 54.1 Å². The lowest BCUT2D eigenvalue weighted by Crippen LogP contribution is -2.14. The van der Waals surface area contributed by atoms with Crippen LogP contribution in [0.1, 0.15) is 25.3 Å². The number of rotatable bonds is 6. The summed E-state index contributed by atoms with van der Waals surface area (Å²) in [6.07, 6.45) is 0. The predicted molar refractivity (Wildman–Crippen MR) is 124 cm³/mol. The first-order chi connectivity index (χ1) is 14.5. The van der Waals surface area contributed by atoms with E-state index in [1.165, 1.54) is 17.3 Å². The Labute approximate surface area is 180 Å². The van der Waals surface area contributed by atoms with Crippen LogP contribution < -0.4 is 5.32 Å². The quantitative estimate of drug-likeness (QED) is 0.422. The molecule has 1 N–H and O–H groups in total. The third-order valence-electron chi connectivity index (χ3n) is 5.07. The van der Waals surface area contributed by atoms with E-state index in [4.69, 9.17) is 0 Å². The van der Waals surface area contributed by atoms with Crippen LogP contribution in [0.25, 0.3) is 22.2 Å². The van der Waals surface area contributed by atoms with Crippen LogP contribution in [0.3, 0.4) is 0 Å². The van der Waals surface area contributed by atoms with Crippen LogP contribution in [-0.4, -0.2) is 26.4 Å². The number of thioether (sulfide) groups is 1. The van der Waals surface area contributed by atoms with Gasteiger partial charge in [-0.15, -0.1) is 10.2 Å². The smallest absolute Gasteiger partial charge is 0.234 e. The van der Waals surface area contributed by atoms with Crippen molar-refractivity contribution < 1.29 is 4.79 Å². The summed E-state index contributed by atoms with van der Waals surface area (Å²) < 4.78 is 1.93. The average Bonchev–Trinajstić information content (AvgIpc) is 3.13. The molecule has 6 heteroatoms. The SMILES string of the molecule is CC(C)c1ccc(-c2nnc(SCC(=O)Nc3cccc4ccccc34)n2C)cc1. The molecule has 3 aromatic carbocycles. The van der Waals surface area contributed by atoms with Gasteiger partial charge in [-0.3, -0.25) is 4.79 Å². The Morgan fingerprint density at radius 2 is 1.73 bits per heavy atom. The van der Waals surface area contributed by atoms with E-state index in [0.717, 1.165) is 27.8 Å². The Morgan fingerprint density at radius 3 is 2.50 bits per heavy atom. The van der Waals surface area contributed by atoms with Crippen molar-refractivity contribution in [2.45, 2.75) is 24.9 Å². The monoisotopic (exact) mass is 416 g/mol. The number of nitrogens with zero attached hydrogens (tertiary/aromatic N) is 3.